The molecule has 0 aromatic heterocycles. The van der Waals surface area contributed by atoms with Crippen molar-refractivity contribution >= 4 is 25.6 Å². The fourth-order valence-electron chi connectivity index (χ4n) is 3.00. The SMILES string of the molecule is [B]C(C(=O)OCC(C)COC(=O)COc1ccc(C(=O)C(C)C)cc1)C(C)c1ccccc1. The van der Waals surface area contributed by atoms with Crippen molar-refractivity contribution in [1.82, 2.24) is 0 Å². The summed E-state index contributed by atoms with van der Waals surface area (Å²) in [4.78, 5) is 36.2. The van der Waals surface area contributed by atoms with Crippen LogP contribution >= 0.6 is 0 Å². The van der Waals surface area contributed by atoms with Crippen molar-refractivity contribution in [2.45, 2.75) is 39.4 Å². The van der Waals surface area contributed by atoms with Crippen molar-refractivity contribution in [3.05, 3.63) is 65.7 Å². The highest BCUT2D eigenvalue weighted by molar-refractivity contribution is 6.23. The first kappa shape index (κ1) is 26.2. The van der Waals surface area contributed by atoms with Gasteiger partial charge in [0.05, 0.1) is 21.1 Å². The second-order valence-corrected chi connectivity index (χ2v) is 8.48. The van der Waals surface area contributed by atoms with Crippen LogP contribution in [0.2, 0.25) is 5.82 Å². The first-order valence-electron chi connectivity index (χ1n) is 11.1. The molecule has 0 N–H and O–H groups in total. The van der Waals surface area contributed by atoms with E-state index in [1.807, 2.05) is 51.1 Å². The molecule has 0 heterocycles. The summed E-state index contributed by atoms with van der Waals surface area (Å²) in [6.07, 6.45) is 0. The maximum atomic E-state index is 12.3. The largest absolute Gasteiger partial charge is 0.482 e. The predicted octanol–water partition coefficient (Wildman–Crippen LogP) is 4.39. The standard InChI is InChI=1S/C26H31BO6/c1-17(2)25(29)21-10-12-22(13-11-21)31-16-23(28)32-14-18(3)15-33-26(30)24(27)19(4)20-8-6-5-7-9-20/h5-13,17-19,24H,14-16H2,1-4H3. The number of ether oxygens (including phenoxy) is 3. The third-order valence-corrected chi connectivity index (χ3v) is 5.20. The Kier molecular flexibility index (Phi) is 10.2. The molecule has 0 fully saturated rings. The number of benzene rings is 2. The van der Waals surface area contributed by atoms with E-state index in [0.717, 1.165) is 5.56 Å². The highest BCUT2D eigenvalue weighted by Gasteiger charge is 2.23. The number of carbonyl (C=O) groups is 3. The fourth-order valence-corrected chi connectivity index (χ4v) is 3.00. The molecule has 6 nitrogen and oxygen atoms in total. The zero-order valence-electron chi connectivity index (χ0n) is 19.7. The average molecular weight is 450 g/mol. The Balaban J connectivity index is 1.68. The molecule has 7 heteroatoms. The molecule has 174 valence electrons. The monoisotopic (exact) mass is 450 g/mol. The Bertz CT molecular complexity index is 910. The van der Waals surface area contributed by atoms with Gasteiger partial charge in [0.15, 0.2) is 12.4 Å². The summed E-state index contributed by atoms with van der Waals surface area (Å²) in [5, 5.41) is 0. The molecule has 2 radical (unpaired) electrons. The number of hydrogen-bond acceptors (Lipinski definition) is 6. The highest BCUT2D eigenvalue weighted by atomic mass is 16.6. The highest BCUT2D eigenvalue weighted by Crippen LogP contribution is 2.27. The Morgan fingerprint density at radius 2 is 1.45 bits per heavy atom. The van der Waals surface area contributed by atoms with Crippen LogP contribution in [0, 0.1) is 11.8 Å². The van der Waals surface area contributed by atoms with Crippen LogP contribution in [0.3, 0.4) is 0 Å². The van der Waals surface area contributed by atoms with Crippen LogP contribution in [0.4, 0.5) is 0 Å². The molecule has 0 spiro atoms. The minimum atomic E-state index is -0.780. The van der Waals surface area contributed by atoms with Gasteiger partial charge in [0, 0.05) is 23.2 Å². The molecule has 2 aromatic carbocycles. The molecule has 0 amide bonds. The predicted molar refractivity (Wildman–Crippen MR) is 127 cm³/mol. The van der Waals surface area contributed by atoms with Crippen LogP contribution in [-0.2, 0) is 19.1 Å². The normalized spacial score (nSPS) is 13.6. The van der Waals surface area contributed by atoms with Crippen LogP contribution in [0.5, 0.6) is 5.75 Å². The summed E-state index contributed by atoms with van der Waals surface area (Å²) in [7, 11) is 6.04. The molecular formula is C26H31BO6. The van der Waals surface area contributed by atoms with E-state index in [1.165, 1.54) is 0 Å². The number of rotatable bonds is 12. The van der Waals surface area contributed by atoms with E-state index in [1.54, 1.807) is 31.2 Å². The van der Waals surface area contributed by atoms with Gasteiger partial charge in [-0.1, -0.05) is 58.0 Å². The maximum absolute atomic E-state index is 12.3. The minimum absolute atomic E-state index is 0.0473. The third-order valence-electron chi connectivity index (χ3n) is 5.20. The van der Waals surface area contributed by atoms with Crippen LogP contribution in [0.1, 0.15) is 49.5 Å². The van der Waals surface area contributed by atoms with E-state index in [9.17, 15) is 14.4 Å². The molecule has 0 aliphatic rings. The molecule has 3 atom stereocenters. The smallest absolute Gasteiger partial charge is 0.344 e. The maximum Gasteiger partial charge on any atom is 0.344 e. The third kappa shape index (κ3) is 8.41. The molecule has 0 bridgehead atoms. The lowest BCUT2D eigenvalue weighted by atomic mass is 9.74. The second-order valence-electron chi connectivity index (χ2n) is 8.48. The second kappa shape index (κ2) is 12.8. The van der Waals surface area contributed by atoms with Crippen molar-refractivity contribution in [3.8, 4) is 5.75 Å². The molecular weight excluding hydrogens is 419 g/mol. The van der Waals surface area contributed by atoms with Crippen LogP contribution < -0.4 is 4.74 Å². The summed E-state index contributed by atoms with van der Waals surface area (Å²) < 4.78 is 15.9. The lowest BCUT2D eigenvalue weighted by Crippen LogP contribution is -2.24. The molecule has 0 saturated carbocycles. The van der Waals surface area contributed by atoms with Gasteiger partial charge in [0.25, 0.3) is 0 Å². The van der Waals surface area contributed by atoms with E-state index >= 15 is 0 Å². The van der Waals surface area contributed by atoms with Crippen LogP contribution in [0.25, 0.3) is 0 Å². The zero-order valence-corrected chi connectivity index (χ0v) is 19.7. The van der Waals surface area contributed by atoms with Gasteiger partial charge in [0.2, 0.25) is 0 Å². The van der Waals surface area contributed by atoms with Gasteiger partial charge in [-0.25, -0.2) is 4.79 Å². The van der Waals surface area contributed by atoms with Gasteiger partial charge in [-0.05, 0) is 35.7 Å². The van der Waals surface area contributed by atoms with Crippen LogP contribution in [-0.4, -0.2) is 45.4 Å². The van der Waals surface area contributed by atoms with Crippen molar-refractivity contribution in [1.29, 1.82) is 0 Å². The number of Topliss-reactive ketones (excluding diaryl/α,β-unsaturated/α-hetero) is 1. The number of esters is 2. The Morgan fingerprint density at radius 1 is 0.848 bits per heavy atom. The van der Waals surface area contributed by atoms with Crippen molar-refractivity contribution in [3.63, 3.8) is 0 Å². The molecule has 0 saturated heterocycles. The van der Waals surface area contributed by atoms with Crippen molar-refractivity contribution in [2.24, 2.45) is 11.8 Å². The molecule has 3 unspecified atom stereocenters. The summed E-state index contributed by atoms with van der Waals surface area (Å²) >= 11 is 0. The molecule has 2 aromatic rings. The van der Waals surface area contributed by atoms with Crippen LogP contribution in [0.15, 0.2) is 54.6 Å². The molecule has 0 aliphatic carbocycles. The zero-order chi connectivity index (χ0) is 24.4. The topological polar surface area (TPSA) is 78.9 Å². The minimum Gasteiger partial charge on any atom is -0.482 e. The lowest BCUT2D eigenvalue weighted by molar-refractivity contribution is -0.150. The Labute approximate surface area is 197 Å². The van der Waals surface area contributed by atoms with Gasteiger partial charge >= 0.3 is 11.9 Å². The van der Waals surface area contributed by atoms with Gasteiger partial charge in [-0.2, -0.15) is 0 Å². The lowest BCUT2D eigenvalue weighted by Gasteiger charge is -2.20. The van der Waals surface area contributed by atoms with Crippen molar-refractivity contribution in [2.75, 3.05) is 19.8 Å². The van der Waals surface area contributed by atoms with E-state index in [2.05, 4.69) is 0 Å². The van der Waals surface area contributed by atoms with E-state index in [0.29, 0.717) is 11.3 Å². The number of carbonyl (C=O) groups excluding carboxylic acids is 3. The van der Waals surface area contributed by atoms with Crippen molar-refractivity contribution < 1.29 is 28.6 Å². The molecule has 2 rings (SSSR count). The van der Waals surface area contributed by atoms with Gasteiger partial charge in [-0.3, -0.25) is 9.59 Å². The summed E-state index contributed by atoms with van der Waals surface area (Å²) in [6, 6.07) is 16.2. The van der Waals surface area contributed by atoms with Gasteiger partial charge in [0.1, 0.15) is 5.75 Å². The van der Waals surface area contributed by atoms with Gasteiger partial charge in [-0.15, -0.1) is 0 Å². The van der Waals surface area contributed by atoms with E-state index in [4.69, 9.17) is 22.1 Å². The summed E-state index contributed by atoms with van der Waals surface area (Å²) in [5.74, 6) is -1.76. The fraction of sp³-hybridized carbons (Fsp3) is 0.423. The number of hydrogen-bond donors (Lipinski definition) is 0. The first-order valence-corrected chi connectivity index (χ1v) is 11.1. The Morgan fingerprint density at radius 3 is 2.06 bits per heavy atom. The molecule has 33 heavy (non-hydrogen) atoms. The van der Waals surface area contributed by atoms with Gasteiger partial charge < -0.3 is 14.2 Å². The van der Waals surface area contributed by atoms with E-state index < -0.39 is 17.8 Å². The molecule has 0 aliphatic heterocycles. The summed E-state index contributed by atoms with van der Waals surface area (Å²) in [6.45, 7) is 7.27. The number of ketones is 1. The summed E-state index contributed by atoms with van der Waals surface area (Å²) in [5.41, 5.74) is 1.56. The first-order chi connectivity index (χ1) is 15.7. The quantitative estimate of drug-likeness (QED) is 0.271. The van der Waals surface area contributed by atoms with E-state index in [-0.39, 0.29) is 43.4 Å². The average Bonchev–Trinajstić information content (AvgIpc) is 2.84. The Hall–Kier alpha value is -3.09.